The predicted octanol–water partition coefficient (Wildman–Crippen LogP) is 1.75. The molecule has 0 bridgehead atoms. The molecule has 0 unspecified atom stereocenters. The van der Waals surface area contributed by atoms with Gasteiger partial charge in [-0.25, -0.2) is 0 Å². The normalized spacial score (nSPS) is 19.9. The Bertz CT molecular complexity index is 389. The number of hydrogen-bond donors (Lipinski definition) is 2. The van der Waals surface area contributed by atoms with Crippen molar-refractivity contribution in [2.45, 2.75) is 25.3 Å². The van der Waals surface area contributed by atoms with Crippen molar-refractivity contribution < 1.29 is 4.79 Å². The van der Waals surface area contributed by atoms with Crippen LogP contribution in [0.4, 0.5) is 0 Å². The van der Waals surface area contributed by atoms with Gasteiger partial charge >= 0.3 is 0 Å². The standard InChI is InChI=1S/C13H17ClN2O/c14-12-6-2-1-4-10(12)8-13(17)16-11-5-3-7-15-9-11/h1-2,4,6,11,15H,3,5,7-9H2,(H,16,17)/t11-/m0/s1. The van der Waals surface area contributed by atoms with Gasteiger partial charge in [0.2, 0.25) is 5.91 Å². The minimum Gasteiger partial charge on any atom is -0.352 e. The summed E-state index contributed by atoms with van der Waals surface area (Å²) < 4.78 is 0. The highest BCUT2D eigenvalue weighted by atomic mass is 35.5. The van der Waals surface area contributed by atoms with E-state index in [1.165, 1.54) is 0 Å². The molecule has 0 radical (unpaired) electrons. The molecular weight excluding hydrogens is 236 g/mol. The molecule has 0 spiro atoms. The van der Waals surface area contributed by atoms with Crippen LogP contribution >= 0.6 is 11.6 Å². The first-order chi connectivity index (χ1) is 8.25. The maximum Gasteiger partial charge on any atom is 0.224 e. The number of rotatable bonds is 3. The fraction of sp³-hybridized carbons (Fsp3) is 0.462. The third-order valence-electron chi connectivity index (χ3n) is 2.97. The average molecular weight is 253 g/mol. The minimum atomic E-state index is 0.0480. The Morgan fingerprint density at radius 1 is 1.47 bits per heavy atom. The molecule has 92 valence electrons. The Labute approximate surface area is 107 Å². The Hall–Kier alpha value is -1.06. The first-order valence-corrected chi connectivity index (χ1v) is 6.37. The van der Waals surface area contributed by atoms with Gasteiger partial charge < -0.3 is 10.6 Å². The van der Waals surface area contributed by atoms with Crippen molar-refractivity contribution in [3.05, 3.63) is 34.9 Å². The number of amides is 1. The molecule has 1 heterocycles. The molecule has 3 nitrogen and oxygen atoms in total. The summed E-state index contributed by atoms with van der Waals surface area (Å²) in [4.78, 5) is 11.8. The van der Waals surface area contributed by atoms with Crippen molar-refractivity contribution in [3.8, 4) is 0 Å². The minimum absolute atomic E-state index is 0.0480. The molecule has 0 saturated carbocycles. The van der Waals surface area contributed by atoms with Crippen molar-refractivity contribution in [2.75, 3.05) is 13.1 Å². The quantitative estimate of drug-likeness (QED) is 0.861. The van der Waals surface area contributed by atoms with E-state index in [1.807, 2.05) is 24.3 Å². The third kappa shape index (κ3) is 3.72. The van der Waals surface area contributed by atoms with Crippen LogP contribution < -0.4 is 10.6 Å². The molecule has 17 heavy (non-hydrogen) atoms. The monoisotopic (exact) mass is 252 g/mol. The second-order valence-electron chi connectivity index (χ2n) is 4.38. The van der Waals surface area contributed by atoms with Gasteiger partial charge in [-0.3, -0.25) is 4.79 Å². The number of nitrogens with one attached hydrogen (secondary N) is 2. The summed E-state index contributed by atoms with van der Waals surface area (Å²) in [6.07, 6.45) is 2.54. The molecule has 2 rings (SSSR count). The molecule has 1 aliphatic rings. The summed E-state index contributed by atoms with van der Waals surface area (Å²) >= 11 is 6.02. The second-order valence-corrected chi connectivity index (χ2v) is 4.79. The topological polar surface area (TPSA) is 41.1 Å². The average Bonchev–Trinajstić information content (AvgIpc) is 2.33. The van der Waals surface area contributed by atoms with Gasteiger partial charge in [0, 0.05) is 17.6 Å². The molecule has 2 N–H and O–H groups in total. The number of piperidine rings is 1. The largest absolute Gasteiger partial charge is 0.352 e. The molecular formula is C13H17ClN2O. The zero-order valence-electron chi connectivity index (χ0n) is 9.71. The number of halogens is 1. The van der Waals surface area contributed by atoms with Gasteiger partial charge in [0.15, 0.2) is 0 Å². The molecule has 1 aliphatic heterocycles. The van der Waals surface area contributed by atoms with Gasteiger partial charge in [-0.2, -0.15) is 0 Å². The van der Waals surface area contributed by atoms with Gasteiger partial charge in [-0.15, -0.1) is 0 Å². The van der Waals surface area contributed by atoms with E-state index in [-0.39, 0.29) is 11.9 Å². The van der Waals surface area contributed by atoms with Crippen molar-refractivity contribution >= 4 is 17.5 Å². The Morgan fingerprint density at radius 3 is 3.00 bits per heavy atom. The first-order valence-electron chi connectivity index (χ1n) is 5.99. The maximum absolute atomic E-state index is 11.8. The third-order valence-corrected chi connectivity index (χ3v) is 3.34. The van der Waals surface area contributed by atoms with E-state index >= 15 is 0 Å². The van der Waals surface area contributed by atoms with E-state index in [9.17, 15) is 4.79 Å². The van der Waals surface area contributed by atoms with Gasteiger partial charge in [0.25, 0.3) is 0 Å². The summed E-state index contributed by atoms with van der Waals surface area (Å²) in [7, 11) is 0. The molecule has 1 atom stereocenters. The molecule has 0 aliphatic carbocycles. The summed E-state index contributed by atoms with van der Waals surface area (Å²) in [5, 5.41) is 6.97. The highest BCUT2D eigenvalue weighted by Crippen LogP contribution is 2.15. The van der Waals surface area contributed by atoms with Crippen LogP contribution in [0.2, 0.25) is 5.02 Å². The van der Waals surface area contributed by atoms with E-state index in [1.54, 1.807) is 0 Å². The summed E-state index contributed by atoms with van der Waals surface area (Å²) in [6.45, 7) is 1.92. The van der Waals surface area contributed by atoms with E-state index in [4.69, 9.17) is 11.6 Å². The van der Waals surface area contributed by atoms with E-state index < -0.39 is 0 Å². The number of benzene rings is 1. The van der Waals surface area contributed by atoms with Crippen molar-refractivity contribution in [2.24, 2.45) is 0 Å². The molecule has 1 aromatic rings. The van der Waals surface area contributed by atoms with E-state index in [2.05, 4.69) is 10.6 Å². The van der Waals surface area contributed by atoms with E-state index in [0.29, 0.717) is 11.4 Å². The second kappa shape index (κ2) is 6.03. The SMILES string of the molecule is O=C(Cc1ccccc1Cl)N[C@H]1CCCNC1. The van der Waals surface area contributed by atoms with E-state index in [0.717, 1.165) is 31.5 Å². The van der Waals surface area contributed by atoms with Crippen molar-refractivity contribution in [1.29, 1.82) is 0 Å². The van der Waals surface area contributed by atoms with Crippen LogP contribution in [0.25, 0.3) is 0 Å². The maximum atomic E-state index is 11.8. The van der Waals surface area contributed by atoms with Gasteiger partial charge in [-0.05, 0) is 31.0 Å². The van der Waals surface area contributed by atoms with Crippen molar-refractivity contribution in [1.82, 2.24) is 10.6 Å². The zero-order chi connectivity index (χ0) is 12.1. The van der Waals surface area contributed by atoms with Gasteiger partial charge in [0.05, 0.1) is 6.42 Å². The van der Waals surface area contributed by atoms with Crippen LogP contribution in [0.3, 0.4) is 0 Å². The van der Waals surface area contributed by atoms with Crippen LogP contribution in [-0.4, -0.2) is 25.0 Å². The van der Waals surface area contributed by atoms with Crippen LogP contribution in [0.5, 0.6) is 0 Å². The fourth-order valence-corrected chi connectivity index (χ4v) is 2.27. The van der Waals surface area contributed by atoms with Crippen LogP contribution in [-0.2, 0) is 11.2 Å². The van der Waals surface area contributed by atoms with Gasteiger partial charge in [-0.1, -0.05) is 29.8 Å². The highest BCUT2D eigenvalue weighted by molar-refractivity contribution is 6.31. The molecule has 0 aromatic heterocycles. The number of hydrogen-bond acceptors (Lipinski definition) is 2. The lowest BCUT2D eigenvalue weighted by molar-refractivity contribution is -0.121. The summed E-state index contributed by atoms with van der Waals surface area (Å²) in [5.41, 5.74) is 0.885. The zero-order valence-corrected chi connectivity index (χ0v) is 10.5. The smallest absolute Gasteiger partial charge is 0.224 e. The van der Waals surface area contributed by atoms with Crippen LogP contribution in [0.15, 0.2) is 24.3 Å². The predicted molar refractivity (Wildman–Crippen MR) is 69.2 cm³/mol. The number of carbonyl (C=O) groups is 1. The lowest BCUT2D eigenvalue weighted by Crippen LogP contribution is -2.46. The summed E-state index contributed by atoms with van der Waals surface area (Å²) in [5.74, 6) is 0.0480. The molecule has 4 heteroatoms. The van der Waals surface area contributed by atoms with Crippen molar-refractivity contribution in [3.63, 3.8) is 0 Å². The molecule has 1 saturated heterocycles. The number of carbonyl (C=O) groups excluding carboxylic acids is 1. The summed E-state index contributed by atoms with van der Waals surface area (Å²) in [6, 6.07) is 7.73. The molecule has 1 amide bonds. The van der Waals surface area contributed by atoms with Gasteiger partial charge in [0.1, 0.15) is 0 Å². The lowest BCUT2D eigenvalue weighted by atomic mass is 10.1. The Balaban J connectivity index is 1.86. The Kier molecular flexibility index (Phi) is 4.40. The lowest BCUT2D eigenvalue weighted by Gasteiger charge is -2.23. The highest BCUT2D eigenvalue weighted by Gasteiger charge is 2.15. The molecule has 1 fully saturated rings. The Morgan fingerprint density at radius 2 is 2.29 bits per heavy atom. The van der Waals surface area contributed by atoms with Crippen LogP contribution in [0, 0.1) is 0 Å². The molecule has 1 aromatic carbocycles. The first kappa shape index (κ1) is 12.4. The fourth-order valence-electron chi connectivity index (χ4n) is 2.07. The van der Waals surface area contributed by atoms with Crippen LogP contribution in [0.1, 0.15) is 18.4 Å².